The second-order valence-corrected chi connectivity index (χ2v) is 6.47. The van der Waals surface area contributed by atoms with Gasteiger partial charge in [-0.2, -0.15) is 8.42 Å². The lowest BCUT2D eigenvalue weighted by atomic mass is 10.3. The lowest BCUT2D eigenvalue weighted by Gasteiger charge is -2.07. The van der Waals surface area contributed by atoms with Crippen molar-refractivity contribution >= 4 is 15.9 Å². The summed E-state index contributed by atoms with van der Waals surface area (Å²) in [5.74, 6) is 0.494. The van der Waals surface area contributed by atoms with Crippen molar-refractivity contribution in [1.82, 2.24) is 19.3 Å². The zero-order valence-electron chi connectivity index (χ0n) is 11.6. The predicted molar refractivity (Wildman–Crippen MR) is 71.2 cm³/mol. The summed E-state index contributed by atoms with van der Waals surface area (Å²) in [7, 11) is -3.98. The highest BCUT2D eigenvalue weighted by atomic mass is 32.2. The molecule has 1 aliphatic heterocycles. The number of hydrogen-bond donors (Lipinski definition) is 1. The zero-order chi connectivity index (χ0) is 15.2. The van der Waals surface area contributed by atoms with E-state index >= 15 is 0 Å². The number of carbonyl (C=O) groups excluding carboxylic acids is 1. The number of rotatable bonds is 3. The van der Waals surface area contributed by atoms with Crippen molar-refractivity contribution in [2.45, 2.75) is 38.3 Å². The van der Waals surface area contributed by atoms with Crippen LogP contribution in [0.5, 0.6) is 0 Å². The third kappa shape index (κ3) is 2.33. The average Bonchev–Trinajstić information content (AvgIpc) is 3.02. The van der Waals surface area contributed by atoms with Gasteiger partial charge in [-0.3, -0.25) is 4.79 Å². The quantitative estimate of drug-likeness (QED) is 0.887. The standard InChI is InChI=1S/C12H14N4O4S/c1-7-11(14-8(2)20-7)12(17)15-21(18,19)10-6-13-9-4-3-5-16(9)10/h6H,3-5H2,1-2H3,(H,15,17). The van der Waals surface area contributed by atoms with E-state index in [-0.39, 0.29) is 16.5 Å². The van der Waals surface area contributed by atoms with Gasteiger partial charge in [0.05, 0.1) is 6.20 Å². The first-order valence-corrected chi connectivity index (χ1v) is 7.92. The molecule has 0 fully saturated rings. The number of nitrogens with one attached hydrogen (secondary N) is 1. The highest BCUT2D eigenvalue weighted by Crippen LogP contribution is 2.20. The second kappa shape index (κ2) is 4.69. The molecule has 3 rings (SSSR count). The summed E-state index contributed by atoms with van der Waals surface area (Å²) in [5, 5.41) is 0.00113. The van der Waals surface area contributed by atoms with E-state index in [1.165, 1.54) is 6.20 Å². The fourth-order valence-corrected chi connectivity index (χ4v) is 3.53. The number of carbonyl (C=O) groups is 1. The van der Waals surface area contributed by atoms with Crippen molar-refractivity contribution in [2.24, 2.45) is 0 Å². The van der Waals surface area contributed by atoms with Gasteiger partial charge < -0.3 is 8.98 Å². The van der Waals surface area contributed by atoms with E-state index in [4.69, 9.17) is 4.42 Å². The first kappa shape index (κ1) is 13.8. The third-order valence-electron chi connectivity index (χ3n) is 3.30. The average molecular weight is 310 g/mol. The number of fused-ring (bicyclic) bond motifs is 1. The van der Waals surface area contributed by atoms with Gasteiger partial charge in [-0.05, 0) is 13.3 Å². The van der Waals surface area contributed by atoms with Gasteiger partial charge in [-0.25, -0.2) is 14.7 Å². The molecule has 0 unspecified atom stereocenters. The molecule has 1 N–H and O–H groups in total. The van der Waals surface area contributed by atoms with E-state index in [1.54, 1.807) is 18.4 Å². The summed E-state index contributed by atoms with van der Waals surface area (Å²) in [6.45, 7) is 3.72. The maximum Gasteiger partial charge on any atom is 0.287 e. The van der Waals surface area contributed by atoms with Crippen LogP contribution in [0, 0.1) is 13.8 Å². The normalized spacial score (nSPS) is 14.2. The monoisotopic (exact) mass is 310 g/mol. The van der Waals surface area contributed by atoms with Crippen LogP contribution in [-0.4, -0.2) is 28.9 Å². The topological polar surface area (TPSA) is 107 Å². The van der Waals surface area contributed by atoms with Gasteiger partial charge in [-0.15, -0.1) is 0 Å². The smallest absolute Gasteiger partial charge is 0.287 e. The van der Waals surface area contributed by atoms with Crippen molar-refractivity contribution in [2.75, 3.05) is 0 Å². The van der Waals surface area contributed by atoms with Crippen molar-refractivity contribution in [3.05, 3.63) is 29.4 Å². The molecule has 0 saturated heterocycles. The second-order valence-electron chi connectivity index (χ2n) is 4.84. The molecule has 2 aromatic heterocycles. The molecule has 8 nitrogen and oxygen atoms in total. The van der Waals surface area contributed by atoms with Gasteiger partial charge in [0.2, 0.25) is 0 Å². The molecule has 21 heavy (non-hydrogen) atoms. The number of amides is 1. The van der Waals surface area contributed by atoms with Gasteiger partial charge in [0, 0.05) is 19.9 Å². The minimum absolute atomic E-state index is 0.00113. The Morgan fingerprint density at radius 2 is 2.19 bits per heavy atom. The summed E-state index contributed by atoms with van der Waals surface area (Å²) >= 11 is 0. The predicted octanol–water partition coefficient (Wildman–Crippen LogP) is 0.553. The van der Waals surface area contributed by atoms with E-state index in [0.717, 1.165) is 18.7 Å². The van der Waals surface area contributed by atoms with E-state index < -0.39 is 15.9 Å². The molecular formula is C12H14N4O4S. The van der Waals surface area contributed by atoms with Crippen LogP contribution in [0.2, 0.25) is 0 Å². The van der Waals surface area contributed by atoms with Gasteiger partial charge in [0.15, 0.2) is 16.6 Å². The fraction of sp³-hybridized carbons (Fsp3) is 0.417. The highest BCUT2D eigenvalue weighted by Gasteiger charge is 2.28. The maximum absolute atomic E-state index is 12.3. The first-order chi connectivity index (χ1) is 9.88. The van der Waals surface area contributed by atoms with E-state index in [1.807, 2.05) is 4.72 Å². The fourth-order valence-electron chi connectivity index (χ4n) is 2.41. The van der Waals surface area contributed by atoms with Gasteiger partial charge >= 0.3 is 0 Å². The Bertz CT molecular complexity index is 818. The number of nitrogens with zero attached hydrogens (tertiary/aromatic N) is 3. The molecule has 1 aliphatic rings. The SMILES string of the molecule is Cc1nc(C(=O)NS(=O)(=O)c2cnc3n2CCC3)c(C)o1. The van der Waals surface area contributed by atoms with Crippen LogP contribution in [0.15, 0.2) is 15.6 Å². The molecule has 0 bridgehead atoms. The molecular weight excluding hydrogens is 296 g/mol. The molecule has 0 spiro atoms. The zero-order valence-corrected chi connectivity index (χ0v) is 12.4. The lowest BCUT2D eigenvalue weighted by molar-refractivity contribution is 0.0975. The highest BCUT2D eigenvalue weighted by molar-refractivity contribution is 7.90. The van der Waals surface area contributed by atoms with E-state index in [2.05, 4.69) is 9.97 Å². The number of aryl methyl sites for hydroxylation is 3. The molecule has 1 amide bonds. The van der Waals surface area contributed by atoms with Crippen LogP contribution < -0.4 is 4.72 Å². The van der Waals surface area contributed by atoms with Crippen LogP contribution in [0.1, 0.15) is 34.4 Å². The molecule has 0 atom stereocenters. The summed E-state index contributed by atoms with van der Waals surface area (Å²) in [6, 6.07) is 0. The number of hydrogen-bond acceptors (Lipinski definition) is 6. The Morgan fingerprint density at radius 3 is 2.86 bits per heavy atom. The van der Waals surface area contributed by atoms with Crippen LogP contribution in [0.25, 0.3) is 0 Å². The molecule has 0 aliphatic carbocycles. The first-order valence-electron chi connectivity index (χ1n) is 6.44. The van der Waals surface area contributed by atoms with E-state index in [9.17, 15) is 13.2 Å². The number of imidazole rings is 1. The molecule has 9 heteroatoms. The summed E-state index contributed by atoms with van der Waals surface area (Å²) in [4.78, 5) is 20.0. The van der Waals surface area contributed by atoms with Crippen molar-refractivity contribution < 1.29 is 17.6 Å². The summed E-state index contributed by atoms with van der Waals surface area (Å²) in [6.07, 6.45) is 2.86. The van der Waals surface area contributed by atoms with E-state index in [0.29, 0.717) is 12.4 Å². The van der Waals surface area contributed by atoms with Crippen LogP contribution in [0.4, 0.5) is 0 Å². The molecule has 0 aromatic carbocycles. The molecule has 2 aromatic rings. The van der Waals surface area contributed by atoms with Crippen molar-refractivity contribution in [3.8, 4) is 0 Å². The number of sulfonamides is 1. The summed E-state index contributed by atoms with van der Waals surface area (Å²) < 4.78 is 33.4. The van der Waals surface area contributed by atoms with Crippen LogP contribution >= 0.6 is 0 Å². The Labute approximate surface area is 121 Å². The number of aromatic nitrogens is 3. The van der Waals surface area contributed by atoms with Gasteiger partial charge in [0.1, 0.15) is 11.6 Å². The Morgan fingerprint density at radius 1 is 1.43 bits per heavy atom. The van der Waals surface area contributed by atoms with Crippen LogP contribution in [0.3, 0.4) is 0 Å². The molecule has 3 heterocycles. The van der Waals surface area contributed by atoms with Crippen molar-refractivity contribution in [1.29, 1.82) is 0 Å². The van der Waals surface area contributed by atoms with Crippen molar-refractivity contribution in [3.63, 3.8) is 0 Å². The van der Waals surface area contributed by atoms with Crippen LogP contribution in [-0.2, 0) is 23.0 Å². The third-order valence-corrected chi connectivity index (χ3v) is 4.64. The minimum Gasteiger partial charge on any atom is -0.445 e. The maximum atomic E-state index is 12.3. The Balaban J connectivity index is 1.89. The van der Waals surface area contributed by atoms with Gasteiger partial charge in [0.25, 0.3) is 15.9 Å². The summed E-state index contributed by atoms with van der Waals surface area (Å²) in [5.41, 5.74) is -0.0303. The Kier molecular flexibility index (Phi) is 3.08. The largest absolute Gasteiger partial charge is 0.445 e. The lowest BCUT2D eigenvalue weighted by Crippen LogP contribution is -2.32. The number of oxazole rings is 1. The molecule has 0 saturated carbocycles. The minimum atomic E-state index is -3.98. The molecule has 112 valence electrons. The Hall–Kier alpha value is -2.16. The van der Waals surface area contributed by atoms with Gasteiger partial charge in [-0.1, -0.05) is 0 Å². The molecule has 0 radical (unpaired) electrons.